The number of carbonyl (C=O) groups excluding carboxylic acids is 1. The number of nitrogens with zero attached hydrogens (tertiary/aromatic N) is 3. The molecular weight excluding hydrogens is 304 g/mol. The van der Waals surface area contributed by atoms with Crippen LogP contribution in [0.2, 0.25) is 0 Å². The summed E-state index contributed by atoms with van der Waals surface area (Å²) in [6, 6.07) is 9.24. The molecule has 3 rings (SSSR count). The van der Waals surface area contributed by atoms with Crippen molar-refractivity contribution in [3.63, 3.8) is 0 Å². The highest BCUT2D eigenvalue weighted by atomic mass is 16.5. The smallest absolute Gasteiger partial charge is 0.253 e. The molecule has 3 heterocycles. The number of ether oxygens (including phenoxy) is 1. The van der Waals surface area contributed by atoms with Crippen LogP contribution in [-0.2, 0) is 7.05 Å². The van der Waals surface area contributed by atoms with Crippen molar-refractivity contribution in [1.82, 2.24) is 19.9 Å². The standard InChI is InChI=1S/C18H20N4O2/c1-18(2,12-24-15-6-4-5-8-19-15)21-17(23)14-10-13-7-9-22(3)16(13)20-11-14/h4-11H,12H2,1-3H3,(H,21,23). The third-order valence-electron chi connectivity index (χ3n) is 3.64. The van der Waals surface area contributed by atoms with Crippen molar-refractivity contribution < 1.29 is 9.53 Å². The summed E-state index contributed by atoms with van der Waals surface area (Å²) in [6.45, 7) is 4.13. The molecule has 3 aromatic rings. The van der Waals surface area contributed by atoms with Gasteiger partial charge in [0.15, 0.2) is 0 Å². The molecule has 0 aromatic carbocycles. The monoisotopic (exact) mass is 324 g/mol. The fourth-order valence-corrected chi connectivity index (χ4v) is 2.38. The van der Waals surface area contributed by atoms with Crippen LogP contribution in [0.1, 0.15) is 24.2 Å². The summed E-state index contributed by atoms with van der Waals surface area (Å²) in [5.41, 5.74) is 0.837. The van der Waals surface area contributed by atoms with Crippen LogP contribution in [0.15, 0.2) is 48.9 Å². The van der Waals surface area contributed by atoms with E-state index in [0.29, 0.717) is 18.1 Å². The Morgan fingerprint density at radius 1 is 1.29 bits per heavy atom. The lowest BCUT2D eigenvalue weighted by Gasteiger charge is -2.26. The summed E-state index contributed by atoms with van der Waals surface area (Å²) < 4.78 is 7.55. The maximum Gasteiger partial charge on any atom is 0.253 e. The van der Waals surface area contributed by atoms with E-state index in [-0.39, 0.29) is 5.91 Å². The number of aromatic nitrogens is 3. The summed E-state index contributed by atoms with van der Waals surface area (Å²) in [4.78, 5) is 20.9. The van der Waals surface area contributed by atoms with Gasteiger partial charge in [0.1, 0.15) is 12.3 Å². The van der Waals surface area contributed by atoms with Crippen molar-refractivity contribution in [2.75, 3.05) is 6.61 Å². The third-order valence-corrected chi connectivity index (χ3v) is 3.64. The minimum atomic E-state index is -0.541. The number of hydrogen-bond donors (Lipinski definition) is 1. The molecular formula is C18H20N4O2. The Kier molecular flexibility index (Phi) is 4.20. The molecule has 6 heteroatoms. The summed E-state index contributed by atoms with van der Waals surface area (Å²) in [5, 5.41) is 3.91. The minimum Gasteiger partial charge on any atom is -0.475 e. The lowest BCUT2D eigenvalue weighted by molar-refractivity contribution is 0.0878. The Balaban J connectivity index is 1.67. The van der Waals surface area contributed by atoms with Gasteiger partial charge in [-0.15, -0.1) is 0 Å². The summed E-state index contributed by atoms with van der Waals surface area (Å²) in [7, 11) is 1.92. The van der Waals surface area contributed by atoms with Gasteiger partial charge < -0.3 is 14.6 Å². The van der Waals surface area contributed by atoms with Crippen LogP contribution >= 0.6 is 0 Å². The Bertz CT molecular complexity index is 856. The van der Waals surface area contributed by atoms with Gasteiger partial charge in [-0.05, 0) is 32.0 Å². The molecule has 3 aromatic heterocycles. The molecule has 1 amide bonds. The molecule has 0 saturated carbocycles. The molecule has 0 atom stereocenters. The van der Waals surface area contributed by atoms with Gasteiger partial charge >= 0.3 is 0 Å². The summed E-state index contributed by atoms with van der Waals surface area (Å²) >= 11 is 0. The Labute approximate surface area is 140 Å². The summed E-state index contributed by atoms with van der Waals surface area (Å²) in [5.74, 6) is 0.357. The molecule has 0 bridgehead atoms. The van der Waals surface area contributed by atoms with Gasteiger partial charge in [0, 0.05) is 37.1 Å². The highest BCUT2D eigenvalue weighted by Gasteiger charge is 2.23. The largest absolute Gasteiger partial charge is 0.475 e. The van der Waals surface area contributed by atoms with Crippen LogP contribution in [0.5, 0.6) is 5.88 Å². The van der Waals surface area contributed by atoms with Crippen molar-refractivity contribution in [2.45, 2.75) is 19.4 Å². The number of amides is 1. The van der Waals surface area contributed by atoms with Crippen molar-refractivity contribution in [2.24, 2.45) is 7.05 Å². The second kappa shape index (κ2) is 6.31. The van der Waals surface area contributed by atoms with Crippen LogP contribution in [0.3, 0.4) is 0 Å². The minimum absolute atomic E-state index is 0.178. The molecule has 0 spiro atoms. The fourth-order valence-electron chi connectivity index (χ4n) is 2.38. The molecule has 6 nitrogen and oxygen atoms in total. The van der Waals surface area contributed by atoms with Gasteiger partial charge in [-0.1, -0.05) is 6.07 Å². The van der Waals surface area contributed by atoms with Crippen molar-refractivity contribution in [1.29, 1.82) is 0 Å². The second-order valence-corrected chi connectivity index (χ2v) is 6.36. The van der Waals surface area contributed by atoms with Crippen molar-refractivity contribution in [3.05, 3.63) is 54.5 Å². The Morgan fingerprint density at radius 2 is 2.12 bits per heavy atom. The van der Waals surface area contributed by atoms with Crippen LogP contribution in [0.25, 0.3) is 11.0 Å². The number of rotatable bonds is 5. The van der Waals surface area contributed by atoms with E-state index in [1.54, 1.807) is 18.5 Å². The number of nitrogens with one attached hydrogen (secondary N) is 1. The zero-order chi connectivity index (χ0) is 17.2. The highest BCUT2D eigenvalue weighted by molar-refractivity contribution is 5.97. The quantitative estimate of drug-likeness (QED) is 0.783. The molecule has 0 aliphatic heterocycles. The molecule has 0 unspecified atom stereocenters. The maximum absolute atomic E-state index is 12.5. The van der Waals surface area contributed by atoms with Crippen LogP contribution in [-0.4, -0.2) is 32.6 Å². The maximum atomic E-state index is 12.5. The number of fused-ring (bicyclic) bond motifs is 1. The van der Waals surface area contributed by atoms with Crippen LogP contribution in [0.4, 0.5) is 0 Å². The number of hydrogen-bond acceptors (Lipinski definition) is 4. The third kappa shape index (κ3) is 3.53. The molecule has 0 saturated heterocycles. The van der Waals surface area contributed by atoms with Crippen molar-refractivity contribution in [3.8, 4) is 5.88 Å². The first-order valence-electron chi connectivity index (χ1n) is 7.72. The topological polar surface area (TPSA) is 69.0 Å². The van der Waals surface area contributed by atoms with E-state index in [1.165, 1.54) is 0 Å². The van der Waals surface area contributed by atoms with Gasteiger partial charge in [0.2, 0.25) is 5.88 Å². The Hall–Kier alpha value is -2.89. The highest BCUT2D eigenvalue weighted by Crippen LogP contribution is 2.15. The van der Waals surface area contributed by atoms with E-state index in [1.807, 2.05) is 55.9 Å². The normalized spacial score (nSPS) is 11.5. The molecule has 0 fully saturated rings. The average molecular weight is 324 g/mol. The SMILES string of the molecule is Cn1ccc2cc(C(=O)NC(C)(C)COc3ccccn3)cnc21. The first-order valence-corrected chi connectivity index (χ1v) is 7.72. The van der Waals surface area contributed by atoms with E-state index in [9.17, 15) is 4.79 Å². The zero-order valence-corrected chi connectivity index (χ0v) is 14.0. The molecule has 124 valence electrons. The lowest BCUT2D eigenvalue weighted by Crippen LogP contribution is -2.47. The van der Waals surface area contributed by atoms with Crippen LogP contribution in [0, 0.1) is 0 Å². The fraction of sp³-hybridized carbons (Fsp3) is 0.278. The average Bonchev–Trinajstić information content (AvgIpc) is 2.94. The first-order chi connectivity index (χ1) is 11.4. The second-order valence-electron chi connectivity index (χ2n) is 6.36. The van der Waals surface area contributed by atoms with Gasteiger partial charge in [-0.3, -0.25) is 4.79 Å². The molecule has 0 aliphatic carbocycles. The number of aryl methyl sites for hydroxylation is 1. The predicted molar refractivity (Wildman–Crippen MR) is 92.0 cm³/mol. The van der Waals surface area contributed by atoms with E-state index >= 15 is 0 Å². The van der Waals surface area contributed by atoms with E-state index in [4.69, 9.17) is 4.74 Å². The zero-order valence-electron chi connectivity index (χ0n) is 14.0. The van der Waals surface area contributed by atoms with Gasteiger partial charge in [0.05, 0.1) is 11.1 Å². The van der Waals surface area contributed by atoms with E-state index in [0.717, 1.165) is 11.0 Å². The number of carbonyl (C=O) groups is 1. The Morgan fingerprint density at radius 3 is 2.88 bits per heavy atom. The summed E-state index contributed by atoms with van der Waals surface area (Å²) in [6.07, 6.45) is 5.18. The lowest BCUT2D eigenvalue weighted by atomic mass is 10.1. The molecule has 1 N–H and O–H groups in total. The van der Waals surface area contributed by atoms with Crippen LogP contribution < -0.4 is 10.1 Å². The van der Waals surface area contributed by atoms with Gasteiger partial charge in [-0.25, -0.2) is 9.97 Å². The first kappa shape index (κ1) is 16.0. The van der Waals surface area contributed by atoms with Gasteiger partial charge in [0.25, 0.3) is 5.91 Å². The predicted octanol–water partition coefficient (Wildman–Crippen LogP) is 2.56. The molecule has 0 radical (unpaired) electrons. The van der Waals surface area contributed by atoms with E-state index < -0.39 is 5.54 Å². The van der Waals surface area contributed by atoms with Gasteiger partial charge in [-0.2, -0.15) is 0 Å². The van der Waals surface area contributed by atoms with E-state index in [2.05, 4.69) is 15.3 Å². The molecule has 0 aliphatic rings. The number of pyridine rings is 2. The van der Waals surface area contributed by atoms with Crippen molar-refractivity contribution >= 4 is 16.9 Å². The molecule has 24 heavy (non-hydrogen) atoms.